The molecule has 0 aromatic heterocycles. The van der Waals surface area contributed by atoms with Gasteiger partial charge in [-0.2, -0.15) is 0 Å². The lowest BCUT2D eigenvalue weighted by molar-refractivity contribution is -0.0144. The Labute approximate surface area is 111 Å². The first-order valence-electron chi connectivity index (χ1n) is 5.88. The van der Waals surface area contributed by atoms with E-state index in [0.717, 1.165) is 4.47 Å². The van der Waals surface area contributed by atoms with Gasteiger partial charge in [0.05, 0.1) is 5.60 Å². The van der Waals surface area contributed by atoms with Crippen molar-refractivity contribution >= 4 is 26.7 Å². The molecule has 0 fully saturated rings. The maximum Gasteiger partial charge on any atom is 0.0886 e. The largest absolute Gasteiger partial charge is 0.371 e. The molecular formula is C15H17BrO. The van der Waals surface area contributed by atoms with E-state index in [0.29, 0.717) is 6.61 Å². The van der Waals surface area contributed by atoms with Crippen LogP contribution >= 0.6 is 15.9 Å². The molecule has 0 saturated heterocycles. The molecule has 2 aromatic carbocycles. The Morgan fingerprint density at radius 1 is 1.12 bits per heavy atom. The molecule has 0 spiro atoms. The second-order valence-electron chi connectivity index (χ2n) is 4.59. The number of rotatable bonds is 3. The third kappa shape index (κ3) is 2.38. The van der Waals surface area contributed by atoms with Crippen LogP contribution in [0.1, 0.15) is 26.3 Å². The highest BCUT2D eigenvalue weighted by atomic mass is 79.9. The summed E-state index contributed by atoms with van der Waals surface area (Å²) in [5.41, 5.74) is 0.926. The van der Waals surface area contributed by atoms with Gasteiger partial charge in [-0.05, 0) is 53.0 Å². The number of hydrogen-bond donors (Lipinski definition) is 0. The second kappa shape index (κ2) is 4.79. The fraction of sp³-hybridized carbons (Fsp3) is 0.333. The minimum absolute atomic E-state index is 0.266. The van der Waals surface area contributed by atoms with Crippen LogP contribution in [0.15, 0.2) is 40.9 Å². The van der Waals surface area contributed by atoms with Crippen molar-refractivity contribution in [3.05, 3.63) is 46.4 Å². The molecule has 2 rings (SSSR count). The summed E-state index contributed by atoms with van der Waals surface area (Å²) in [4.78, 5) is 0. The van der Waals surface area contributed by atoms with Crippen molar-refractivity contribution in [1.82, 2.24) is 0 Å². The minimum Gasteiger partial charge on any atom is -0.371 e. The molecule has 90 valence electrons. The van der Waals surface area contributed by atoms with Crippen LogP contribution in [0.5, 0.6) is 0 Å². The highest BCUT2D eigenvalue weighted by Gasteiger charge is 2.23. The Bertz CT molecular complexity index is 531. The third-order valence-corrected chi connectivity index (χ3v) is 3.87. The molecule has 0 aliphatic rings. The van der Waals surface area contributed by atoms with Gasteiger partial charge in [-0.25, -0.2) is 0 Å². The van der Waals surface area contributed by atoms with Gasteiger partial charge < -0.3 is 4.74 Å². The summed E-state index contributed by atoms with van der Waals surface area (Å²) in [6.45, 7) is 6.94. The lowest BCUT2D eigenvalue weighted by Crippen LogP contribution is -2.22. The monoisotopic (exact) mass is 292 g/mol. The Balaban J connectivity index is 2.60. The molecule has 1 nitrogen and oxygen atoms in total. The van der Waals surface area contributed by atoms with E-state index in [1.807, 2.05) is 6.92 Å². The van der Waals surface area contributed by atoms with Crippen LogP contribution in [0.25, 0.3) is 10.8 Å². The zero-order valence-corrected chi connectivity index (χ0v) is 12.0. The molecule has 2 heteroatoms. The highest BCUT2D eigenvalue weighted by molar-refractivity contribution is 9.10. The second-order valence-corrected chi connectivity index (χ2v) is 5.38. The van der Waals surface area contributed by atoms with Gasteiger partial charge in [0.2, 0.25) is 0 Å². The van der Waals surface area contributed by atoms with E-state index >= 15 is 0 Å². The Hall–Kier alpha value is -0.860. The predicted molar refractivity (Wildman–Crippen MR) is 76.3 cm³/mol. The van der Waals surface area contributed by atoms with Crippen LogP contribution in [0.4, 0.5) is 0 Å². The molecule has 0 unspecified atom stereocenters. The molecule has 0 amide bonds. The van der Waals surface area contributed by atoms with E-state index < -0.39 is 0 Å². The quantitative estimate of drug-likeness (QED) is 0.784. The van der Waals surface area contributed by atoms with Gasteiger partial charge in [0, 0.05) is 11.1 Å². The van der Waals surface area contributed by atoms with Crippen molar-refractivity contribution < 1.29 is 4.74 Å². The summed E-state index contributed by atoms with van der Waals surface area (Å²) in [6.07, 6.45) is 0. The fourth-order valence-electron chi connectivity index (χ4n) is 2.14. The van der Waals surface area contributed by atoms with Gasteiger partial charge in [0.15, 0.2) is 0 Å². The first kappa shape index (κ1) is 12.6. The zero-order chi connectivity index (χ0) is 12.5. The van der Waals surface area contributed by atoms with Crippen molar-refractivity contribution in [3.8, 4) is 0 Å². The zero-order valence-electron chi connectivity index (χ0n) is 10.5. The summed E-state index contributed by atoms with van der Waals surface area (Å²) in [5.74, 6) is 0. The van der Waals surface area contributed by atoms with E-state index in [-0.39, 0.29) is 5.60 Å². The molecule has 0 radical (unpaired) electrons. The van der Waals surface area contributed by atoms with Crippen molar-refractivity contribution in [3.63, 3.8) is 0 Å². The summed E-state index contributed by atoms with van der Waals surface area (Å²) >= 11 is 3.71. The number of halogens is 1. The van der Waals surface area contributed by atoms with E-state index in [1.54, 1.807) is 0 Å². The van der Waals surface area contributed by atoms with Crippen LogP contribution in [0.2, 0.25) is 0 Å². The molecule has 0 atom stereocenters. The summed E-state index contributed by atoms with van der Waals surface area (Å²) in [7, 11) is 0. The fourth-order valence-corrected chi connectivity index (χ4v) is 3.11. The van der Waals surface area contributed by atoms with Gasteiger partial charge in [-0.1, -0.05) is 36.4 Å². The summed E-state index contributed by atoms with van der Waals surface area (Å²) in [6, 6.07) is 12.7. The number of fused-ring (bicyclic) bond motifs is 1. The van der Waals surface area contributed by atoms with Gasteiger partial charge in [-0.15, -0.1) is 0 Å². The van der Waals surface area contributed by atoms with Crippen molar-refractivity contribution in [1.29, 1.82) is 0 Å². The first-order chi connectivity index (χ1) is 8.06. The molecule has 2 aromatic rings. The normalized spacial score (nSPS) is 12.0. The van der Waals surface area contributed by atoms with Gasteiger partial charge in [-0.3, -0.25) is 0 Å². The average Bonchev–Trinajstić information content (AvgIpc) is 2.29. The maximum absolute atomic E-state index is 5.82. The lowest BCUT2D eigenvalue weighted by atomic mass is 9.95. The molecule has 0 aliphatic heterocycles. The maximum atomic E-state index is 5.82. The number of hydrogen-bond acceptors (Lipinski definition) is 1. The molecule has 0 heterocycles. The van der Waals surface area contributed by atoms with Gasteiger partial charge in [0.25, 0.3) is 0 Å². The lowest BCUT2D eigenvalue weighted by Gasteiger charge is -2.27. The molecular weight excluding hydrogens is 276 g/mol. The van der Waals surface area contributed by atoms with E-state index in [4.69, 9.17) is 4.74 Å². The van der Waals surface area contributed by atoms with E-state index in [9.17, 15) is 0 Å². The highest BCUT2D eigenvalue weighted by Crippen LogP contribution is 2.35. The predicted octanol–water partition coefficient (Wildman–Crippen LogP) is 4.87. The van der Waals surface area contributed by atoms with Gasteiger partial charge in [0.1, 0.15) is 0 Å². The number of ether oxygens (including phenoxy) is 1. The van der Waals surface area contributed by atoms with Gasteiger partial charge >= 0.3 is 0 Å². The van der Waals surface area contributed by atoms with E-state index in [1.165, 1.54) is 16.3 Å². The molecule has 0 aliphatic carbocycles. The third-order valence-electron chi connectivity index (χ3n) is 3.02. The van der Waals surface area contributed by atoms with Crippen LogP contribution in [0.3, 0.4) is 0 Å². The molecule has 17 heavy (non-hydrogen) atoms. The van der Waals surface area contributed by atoms with Crippen LogP contribution in [-0.4, -0.2) is 6.61 Å². The molecule has 0 bridgehead atoms. The topological polar surface area (TPSA) is 9.23 Å². The smallest absolute Gasteiger partial charge is 0.0886 e. The molecule has 0 N–H and O–H groups in total. The summed E-state index contributed by atoms with van der Waals surface area (Å²) in [5, 5.41) is 2.48. The standard InChI is InChI=1S/C15H17BrO/c1-4-17-15(2,3)13-10-9-11-7-5-6-8-12(11)14(13)16/h5-10H,4H2,1-3H3. The van der Waals surface area contributed by atoms with Crippen molar-refractivity contribution in [2.75, 3.05) is 6.61 Å². The molecule has 0 saturated carbocycles. The van der Waals surface area contributed by atoms with Crippen LogP contribution in [-0.2, 0) is 10.3 Å². The first-order valence-corrected chi connectivity index (χ1v) is 6.67. The van der Waals surface area contributed by atoms with Crippen molar-refractivity contribution in [2.24, 2.45) is 0 Å². The van der Waals surface area contributed by atoms with Crippen molar-refractivity contribution in [2.45, 2.75) is 26.4 Å². The van der Waals surface area contributed by atoms with Crippen LogP contribution < -0.4 is 0 Å². The number of benzene rings is 2. The van der Waals surface area contributed by atoms with E-state index in [2.05, 4.69) is 66.2 Å². The summed E-state index contributed by atoms with van der Waals surface area (Å²) < 4.78 is 6.95. The van der Waals surface area contributed by atoms with Crippen LogP contribution in [0, 0.1) is 0 Å². The Kier molecular flexibility index (Phi) is 3.55. The SMILES string of the molecule is CCOC(C)(C)c1ccc2ccccc2c1Br. The average molecular weight is 293 g/mol. The Morgan fingerprint density at radius 2 is 1.82 bits per heavy atom. The Morgan fingerprint density at radius 3 is 2.53 bits per heavy atom. The minimum atomic E-state index is -0.266.